The van der Waals surface area contributed by atoms with Crippen molar-refractivity contribution in [2.45, 2.75) is 24.0 Å². The van der Waals surface area contributed by atoms with Crippen LogP contribution in [0.1, 0.15) is 17.5 Å². The first-order chi connectivity index (χ1) is 12.9. The molecule has 0 fully saturated rings. The van der Waals surface area contributed by atoms with Crippen LogP contribution >= 0.6 is 22.9 Å². The van der Waals surface area contributed by atoms with E-state index in [1.54, 1.807) is 12.1 Å². The monoisotopic (exact) mass is 423 g/mol. The van der Waals surface area contributed by atoms with Crippen molar-refractivity contribution in [1.29, 1.82) is 0 Å². The number of nitrogens with zero attached hydrogens (tertiary/aromatic N) is 1. The second kappa shape index (κ2) is 8.71. The first kappa shape index (κ1) is 20.3. The third-order valence-corrected chi connectivity index (χ3v) is 8.50. The van der Waals surface area contributed by atoms with E-state index in [2.05, 4.69) is 0 Å². The Morgan fingerprint density at radius 3 is 2.56 bits per heavy atom. The van der Waals surface area contributed by atoms with Crippen LogP contribution in [0, 0.1) is 6.92 Å². The highest BCUT2D eigenvalue weighted by Crippen LogP contribution is 2.37. The van der Waals surface area contributed by atoms with Crippen LogP contribution in [0.15, 0.2) is 52.7 Å². The Kier molecular flexibility index (Phi) is 6.55. The Morgan fingerprint density at radius 1 is 1.11 bits per heavy atom. The van der Waals surface area contributed by atoms with Gasteiger partial charge in [0.25, 0.3) is 10.0 Å². The lowest BCUT2D eigenvalue weighted by Crippen LogP contribution is -2.34. The van der Waals surface area contributed by atoms with Crippen molar-refractivity contribution in [2.24, 2.45) is 0 Å². The summed E-state index contributed by atoms with van der Waals surface area (Å²) in [5.41, 5.74) is 1.88. The minimum atomic E-state index is -3.67. The van der Waals surface area contributed by atoms with Gasteiger partial charge in [0.2, 0.25) is 0 Å². The maximum absolute atomic E-state index is 13.2. The Morgan fingerprint density at radius 2 is 1.85 bits per heavy atom. The van der Waals surface area contributed by atoms with E-state index in [9.17, 15) is 13.5 Å². The predicted molar refractivity (Wildman–Crippen MR) is 112 cm³/mol. The molecule has 0 atom stereocenters. The minimum Gasteiger partial charge on any atom is -0.395 e. The molecule has 0 bridgehead atoms. The molecular formula is C20H22ClNO3S2. The summed E-state index contributed by atoms with van der Waals surface area (Å²) in [6, 6.07) is 15.4. The molecule has 0 aliphatic carbocycles. The lowest BCUT2D eigenvalue weighted by Gasteiger charge is -2.21. The number of hydrogen-bond acceptors (Lipinski definition) is 4. The Labute approximate surface area is 169 Å². The van der Waals surface area contributed by atoms with E-state index in [4.69, 9.17) is 11.6 Å². The lowest BCUT2D eigenvalue weighted by molar-refractivity contribution is 0.252. The van der Waals surface area contributed by atoms with Crippen molar-refractivity contribution in [3.8, 4) is 0 Å². The smallest absolute Gasteiger partial charge is 0.252 e. The maximum Gasteiger partial charge on any atom is 0.252 e. The summed E-state index contributed by atoms with van der Waals surface area (Å²) >= 11 is 7.32. The number of aliphatic hydroxyl groups excluding tert-OH is 1. The van der Waals surface area contributed by atoms with Gasteiger partial charge in [0.1, 0.15) is 4.21 Å². The number of thiophene rings is 1. The maximum atomic E-state index is 13.2. The number of halogens is 1. The van der Waals surface area contributed by atoms with E-state index in [0.29, 0.717) is 27.8 Å². The van der Waals surface area contributed by atoms with Crippen LogP contribution in [-0.2, 0) is 16.4 Å². The molecule has 0 saturated carbocycles. The highest BCUT2D eigenvalue weighted by atomic mass is 35.5. The van der Waals surface area contributed by atoms with Gasteiger partial charge < -0.3 is 5.11 Å². The van der Waals surface area contributed by atoms with Crippen molar-refractivity contribution < 1.29 is 13.5 Å². The molecule has 144 valence electrons. The van der Waals surface area contributed by atoms with Gasteiger partial charge in [-0.05, 0) is 54.5 Å². The Bertz CT molecular complexity index is 1020. The highest BCUT2D eigenvalue weighted by Gasteiger charge is 2.28. The predicted octanol–water partition coefficient (Wildman–Crippen LogP) is 4.48. The van der Waals surface area contributed by atoms with Gasteiger partial charge in [-0.25, -0.2) is 8.42 Å². The second-order valence-electron chi connectivity index (χ2n) is 6.37. The zero-order valence-electron chi connectivity index (χ0n) is 15.1. The van der Waals surface area contributed by atoms with E-state index in [1.165, 1.54) is 21.2 Å². The van der Waals surface area contributed by atoms with Crippen LogP contribution in [0.5, 0.6) is 0 Å². The van der Waals surface area contributed by atoms with Gasteiger partial charge in [-0.2, -0.15) is 4.31 Å². The number of benzene rings is 2. The van der Waals surface area contributed by atoms with Gasteiger partial charge in [0.05, 0.1) is 6.61 Å². The average molecular weight is 424 g/mol. The fraction of sp³-hybridized carbons (Fsp3) is 0.300. The van der Waals surface area contributed by atoms with Crippen LogP contribution in [-0.4, -0.2) is 37.5 Å². The standard InChI is InChI=1S/C20H22ClNO3S2/c1-15-18-14-17(21)9-10-19(18)26-20(15)27(24,25)22(12-13-23)11-5-8-16-6-3-2-4-7-16/h2-4,6-7,9-10,14,23H,5,8,11-13H2,1H3. The number of rotatable bonds is 8. The Balaban J connectivity index is 1.84. The van der Waals surface area contributed by atoms with E-state index in [0.717, 1.165) is 16.5 Å². The third-order valence-electron chi connectivity index (χ3n) is 4.49. The summed E-state index contributed by atoms with van der Waals surface area (Å²) in [5.74, 6) is 0. The van der Waals surface area contributed by atoms with E-state index in [-0.39, 0.29) is 13.2 Å². The van der Waals surface area contributed by atoms with Gasteiger partial charge in [0.15, 0.2) is 0 Å². The number of hydrogen-bond donors (Lipinski definition) is 1. The van der Waals surface area contributed by atoms with Gasteiger partial charge in [0, 0.05) is 22.8 Å². The molecule has 27 heavy (non-hydrogen) atoms. The fourth-order valence-corrected chi connectivity index (χ4v) is 6.62. The van der Waals surface area contributed by atoms with Crippen LogP contribution in [0.3, 0.4) is 0 Å². The number of aryl methyl sites for hydroxylation is 2. The zero-order chi connectivity index (χ0) is 19.4. The molecule has 0 aliphatic rings. The van der Waals surface area contributed by atoms with Crippen molar-refractivity contribution in [3.05, 3.63) is 64.7 Å². The normalized spacial score (nSPS) is 12.1. The average Bonchev–Trinajstić information content (AvgIpc) is 2.99. The molecule has 0 amide bonds. The minimum absolute atomic E-state index is 0.0889. The molecule has 4 nitrogen and oxygen atoms in total. The van der Waals surface area contributed by atoms with Crippen molar-refractivity contribution in [2.75, 3.05) is 19.7 Å². The van der Waals surface area contributed by atoms with Gasteiger partial charge in [-0.15, -0.1) is 11.3 Å². The molecule has 0 saturated heterocycles. The van der Waals surface area contributed by atoms with E-state index >= 15 is 0 Å². The van der Waals surface area contributed by atoms with Crippen molar-refractivity contribution in [3.63, 3.8) is 0 Å². The molecule has 7 heteroatoms. The first-order valence-corrected chi connectivity index (χ1v) is 11.4. The molecular weight excluding hydrogens is 402 g/mol. The molecule has 0 spiro atoms. The molecule has 2 aromatic carbocycles. The summed E-state index contributed by atoms with van der Waals surface area (Å²) in [5, 5.41) is 10.8. The van der Waals surface area contributed by atoms with Crippen LogP contribution in [0.2, 0.25) is 5.02 Å². The molecule has 1 heterocycles. The van der Waals surface area contributed by atoms with E-state index < -0.39 is 10.0 Å². The molecule has 1 aromatic heterocycles. The topological polar surface area (TPSA) is 57.6 Å². The first-order valence-electron chi connectivity index (χ1n) is 8.77. The molecule has 0 unspecified atom stereocenters. The van der Waals surface area contributed by atoms with Crippen LogP contribution < -0.4 is 0 Å². The summed E-state index contributed by atoms with van der Waals surface area (Å²) in [7, 11) is -3.67. The Hall–Kier alpha value is -1.44. The van der Waals surface area contributed by atoms with Crippen LogP contribution in [0.4, 0.5) is 0 Å². The fourth-order valence-electron chi connectivity index (χ4n) is 3.10. The number of sulfonamides is 1. The quantitative estimate of drug-likeness (QED) is 0.581. The van der Waals surface area contributed by atoms with Gasteiger partial charge >= 0.3 is 0 Å². The van der Waals surface area contributed by atoms with Gasteiger partial charge in [-0.1, -0.05) is 41.9 Å². The summed E-state index contributed by atoms with van der Waals surface area (Å²) in [4.78, 5) is 0. The summed E-state index contributed by atoms with van der Waals surface area (Å²) < 4.78 is 29.1. The number of fused-ring (bicyclic) bond motifs is 1. The molecule has 3 rings (SSSR count). The highest BCUT2D eigenvalue weighted by molar-refractivity contribution is 7.91. The second-order valence-corrected chi connectivity index (χ2v) is 9.99. The third kappa shape index (κ3) is 4.52. The lowest BCUT2D eigenvalue weighted by atomic mass is 10.1. The molecule has 0 aliphatic heterocycles. The van der Waals surface area contributed by atoms with Crippen molar-refractivity contribution >= 4 is 43.0 Å². The van der Waals surface area contributed by atoms with Crippen LogP contribution in [0.25, 0.3) is 10.1 Å². The molecule has 3 aromatic rings. The van der Waals surface area contributed by atoms with Gasteiger partial charge in [-0.3, -0.25) is 0 Å². The van der Waals surface area contributed by atoms with Crippen molar-refractivity contribution in [1.82, 2.24) is 4.31 Å². The van der Waals surface area contributed by atoms with E-state index in [1.807, 2.05) is 43.3 Å². The number of aliphatic hydroxyl groups is 1. The zero-order valence-corrected chi connectivity index (χ0v) is 17.4. The largest absolute Gasteiger partial charge is 0.395 e. The molecule has 1 N–H and O–H groups in total. The SMILES string of the molecule is Cc1c(S(=O)(=O)N(CCO)CCCc2ccccc2)sc2ccc(Cl)cc12. The molecule has 0 radical (unpaired) electrons. The summed E-state index contributed by atoms with van der Waals surface area (Å²) in [6.45, 7) is 2.06. The summed E-state index contributed by atoms with van der Waals surface area (Å²) in [6.07, 6.45) is 1.48.